The fraction of sp³-hybridized carbons (Fsp3) is 0.429. The molecule has 2 aromatic carbocycles. The Bertz CT molecular complexity index is 849. The van der Waals surface area contributed by atoms with E-state index >= 15 is 0 Å². The molecule has 0 spiro atoms. The summed E-state index contributed by atoms with van der Waals surface area (Å²) in [7, 11) is -0.486. The standard InChI is InChI=1S/C21H25BF3NO2/c1-14-9-10-17(12-18(14)22-27-19(2,3)20(4,5)28-22)26-13-15-7-6-8-16(11-15)21(23,24)25/h6-12,26H,13H2,1-5H3. The number of hydrogen-bond acceptors (Lipinski definition) is 3. The van der Waals surface area contributed by atoms with Gasteiger partial charge < -0.3 is 14.6 Å². The van der Waals surface area contributed by atoms with E-state index in [2.05, 4.69) is 5.32 Å². The van der Waals surface area contributed by atoms with E-state index < -0.39 is 30.1 Å². The Balaban J connectivity index is 1.76. The molecule has 1 fully saturated rings. The van der Waals surface area contributed by atoms with E-state index in [4.69, 9.17) is 9.31 Å². The average molecular weight is 391 g/mol. The Labute approximate surface area is 164 Å². The molecule has 150 valence electrons. The molecular formula is C21H25BF3NO2. The zero-order chi connectivity index (χ0) is 20.7. The molecule has 1 heterocycles. The Hall–Kier alpha value is -1.99. The largest absolute Gasteiger partial charge is 0.495 e. The Kier molecular flexibility index (Phi) is 5.27. The minimum absolute atomic E-state index is 0.287. The molecule has 0 unspecified atom stereocenters. The zero-order valence-corrected chi connectivity index (χ0v) is 16.8. The van der Waals surface area contributed by atoms with Crippen LogP contribution in [-0.2, 0) is 22.0 Å². The fourth-order valence-corrected chi connectivity index (χ4v) is 3.04. The van der Waals surface area contributed by atoms with Crippen LogP contribution < -0.4 is 10.8 Å². The fourth-order valence-electron chi connectivity index (χ4n) is 3.04. The van der Waals surface area contributed by atoms with Gasteiger partial charge in [-0.25, -0.2) is 0 Å². The lowest BCUT2D eigenvalue weighted by atomic mass is 9.76. The monoisotopic (exact) mass is 391 g/mol. The molecule has 0 aliphatic carbocycles. The lowest BCUT2D eigenvalue weighted by Crippen LogP contribution is -2.41. The molecule has 0 atom stereocenters. The molecule has 0 amide bonds. The molecule has 3 rings (SSSR count). The van der Waals surface area contributed by atoms with Gasteiger partial charge in [-0.3, -0.25) is 0 Å². The second-order valence-corrected chi connectivity index (χ2v) is 8.21. The van der Waals surface area contributed by atoms with Crippen molar-refractivity contribution in [1.29, 1.82) is 0 Å². The summed E-state index contributed by atoms with van der Waals surface area (Å²) in [6.45, 7) is 10.3. The molecule has 0 bridgehead atoms. The molecule has 1 saturated heterocycles. The summed E-state index contributed by atoms with van der Waals surface area (Å²) >= 11 is 0. The number of nitrogens with one attached hydrogen (secondary N) is 1. The van der Waals surface area contributed by atoms with Crippen LogP contribution in [-0.4, -0.2) is 18.3 Å². The highest BCUT2D eigenvalue weighted by molar-refractivity contribution is 6.62. The smallest absolute Gasteiger partial charge is 0.399 e. The summed E-state index contributed by atoms with van der Waals surface area (Å²) in [5, 5.41) is 3.19. The van der Waals surface area contributed by atoms with E-state index in [1.807, 2.05) is 52.8 Å². The van der Waals surface area contributed by atoms with Crippen LogP contribution in [0.4, 0.5) is 18.9 Å². The molecular weight excluding hydrogens is 366 g/mol. The highest BCUT2D eigenvalue weighted by Crippen LogP contribution is 2.37. The quantitative estimate of drug-likeness (QED) is 0.751. The van der Waals surface area contributed by atoms with E-state index in [-0.39, 0.29) is 6.54 Å². The van der Waals surface area contributed by atoms with Crippen molar-refractivity contribution in [2.75, 3.05) is 5.32 Å². The van der Waals surface area contributed by atoms with Crippen LogP contribution in [0.1, 0.15) is 44.4 Å². The minimum atomic E-state index is -4.34. The Morgan fingerprint density at radius 1 is 0.964 bits per heavy atom. The van der Waals surface area contributed by atoms with Gasteiger partial charge in [-0.2, -0.15) is 13.2 Å². The molecule has 0 saturated carbocycles. The minimum Gasteiger partial charge on any atom is -0.399 e. The number of aryl methyl sites for hydroxylation is 1. The van der Waals surface area contributed by atoms with Crippen LogP contribution in [0.15, 0.2) is 42.5 Å². The Morgan fingerprint density at radius 3 is 2.21 bits per heavy atom. The number of anilines is 1. The van der Waals surface area contributed by atoms with Crippen molar-refractivity contribution in [1.82, 2.24) is 0 Å². The third-order valence-corrected chi connectivity index (χ3v) is 5.54. The van der Waals surface area contributed by atoms with Crippen molar-refractivity contribution in [2.24, 2.45) is 0 Å². The zero-order valence-electron chi connectivity index (χ0n) is 16.8. The number of halogens is 3. The van der Waals surface area contributed by atoms with Crippen molar-refractivity contribution in [2.45, 2.75) is 58.5 Å². The predicted molar refractivity (Wildman–Crippen MR) is 106 cm³/mol. The van der Waals surface area contributed by atoms with Gasteiger partial charge in [0.05, 0.1) is 16.8 Å². The van der Waals surface area contributed by atoms with Crippen LogP contribution >= 0.6 is 0 Å². The highest BCUT2D eigenvalue weighted by Gasteiger charge is 2.52. The average Bonchev–Trinajstić information content (AvgIpc) is 2.81. The van der Waals surface area contributed by atoms with Gasteiger partial charge >= 0.3 is 13.3 Å². The summed E-state index contributed by atoms with van der Waals surface area (Å²) in [5.74, 6) is 0. The van der Waals surface area contributed by atoms with Crippen LogP contribution in [0.25, 0.3) is 0 Å². The molecule has 0 aromatic heterocycles. The molecule has 1 N–H and O–H groups in total. The third kappa shape index (κ3) is 4.20. The first kappa shape index (κ1) is 20.7. The highest BCUT2D eigenvalue weighted by atomic mass is 19.4. The Morgan fingerprint density at radius 2 is 1.61 bits per heavy atom. The maximum absolute atomic E-state index is 12.9. The molecule has 3 nitrogen and oxygen atoms in total. The van der Waals surface area contributed by atoms with Crippen molar-refractivity contribution in [3.05, 3.63) is 59.2 Å². The second-order valence-electron chi connectivity index (χ2n) is 8.21. The van der Waals surface area contributed by atoms with Crippen molar-refractivity contribution >= 4 is 18.3 Å². The maximum Gasteiger partial charge on any atom is 0.495 e. The number of hydrogen-bond donors (Lipinski definition) is 1. The van der Waals surface area contributed by atoms with Crippen LogP contribution in [0.5, 0.6) is 0 Å². The number of alkyl halides is 3. The topological polar surface area (TPSA) is 30.5 Å². The van der Waals surface area contributed by atoms with E-state index in [0.717, 1.165) is 28.8 Å². The van der Waals surface area contributed by atoms with Gasteiger partial charge in [0.2, 0.25) is 0 Å². The summed E-state index contributed by atoms with van der Waals surface area (Å²) in [6, 6.07) is 11.1. The molecule has 2 aromatic rings. The predicted octanol–water partition coefficient (Wildman–Crippen LogP) is 4.93. The second kappa shape index (κ2) is 7.12. The first-order valence-electron chi connectivity index (χ1n) is 9.25. The van der Waals surface area contributed by atoms with Crippen molar-refractivity contribution in [3.63, 3.8) is 0 Å². The van der Waals surface area contributed by atoms with Gasteiger partial charge in [0.15, 0.2) is 0 Å². The third-order valence-electron chi connectivity index (χ3n) is 5.54. The lowest BCUT2D eigenvalue weighted by molar-refractivity contribution is -0.137. The molecule has 1 aliphatic heterocycles. The van der Waals surface area contributed by atoms with Gasteiger partial charge in [-0.1, -0.05) is 23.8 Å². The summed E-state index contributed by atoms with van der Waals surface area (Å²) < 4.78 is 50.9. The number of rotatable bonds is 4. The SMILES string of the molecule is Cc1ccc(NCc2cccc(C(F)(F)F)c2)cc1B1OC(C)(C)C(C)(C)O1. The molecule has 0 radical (unpaired) electrons. The van der Waals surface area contributed by atoms with Crippen LogP contribution in [0, 0.1) is 6.92 Å². The molecule has 7 heteroatoms. The van der Waals surface area contributed by atoms with Gasteiger partial charge in [0.25, 0.3) is 0 Å². The number of benzene rings is 2. The maximum atomic E-state index is 12.9. The summed E-state index contributed by atoms with van der Waals surface area (Å²) in [5.41, 5.74) is 1.78. The lowest BCUT2D eigenvalue weighted by Gasteiger charge is -2.32. The van der Waals surface area contributed by atoms with Crippen molar-refractivity contribution < 1.29 is 22.5 Å². The summed E-state index contributed by atoms with van der Waals surface area (Å²) in [6.07, 6.45) is -4.34. The molecule has 28 heavy (non-hydrogen) atoms. The van der Waals surface area contributed by atoms with Gasteiger partial charge in [0.1, 0.15) is 0 Å². The van der Waals surface area contributed by atoms with Gasteiger partial charge in [0, 0.05) is 12.2 Å². The van der Waals surface area contributed by atoms with Crippen LogP contribution in [0.3, 0.4) is 0 Å². The molecule has 1 aliphatic rings. The normalized spacial score (nSPS) is 18.4. The van der Waals surface area contributed by atoms with Crippen molar-refractivity contribution in [3.8, 4) is 0 Å². The first-order valence-corrected chi connectivity index (χ1v) is 9.25. The van der Waals surface area contributed by atoms with Crippen LogP contribution in [0.2, 0.25) is 0 Å². The van der Waals surface area contributed by atoms with E-state index in [1.165, 1.54) is 6.07 Å². The van der Waals surface area contributed by atoms with Gasteiger partial charge in [-0.15, -0.1) is 0 Å². The van der Waals surface area contributed by atoms with E-state index in [0.29, 0.717) is 5.56 Å². The summed E-state index contributed by atoms with van der Waals surface area (Å²) in [4.78, 5) is 0. The van der Waals surface area contributed by atoms with Gasteiger partial charge in [-0.05, 0) is 69.9 Å². The van der Waals surface area contributed by atoms with E-state index in [9.17, 15) is 13.2 Å². The first-order chi connectivity index (χ1) is 12.9. The van der Waals surface area contributed by atoms with E-state index in [1.54, 1.807) is 6.07 Å².